The van der Waals surface area contributed by atoms with Gasteiger partial charge in [0.1, 0.15) is 22.7 Å². The largest absolute Gasteiger partial charge is 0.495 e. The third-order valence-corrected chi connectivity index (χ3v) is 9.05. The molecule has 1 amide bonds. The topological polar surface area (TPSA) is 132 Å². The number of nitrogens with two attached hydrogens (primary N) is 1. The van der Waals surface area contributed by atoms with E-state index in [9.17, 15) is 4.79 Å². The predicted molar refractivity (Wildman–Crippen MR) is 194 cm³/mol. The number of rotatable bonds is 9. The van der Waals surface area contributed by atoms with Crippen LogP contribution in [-0.4, -0.2) is 87.8 Å². The van der Waals surface area contributed by atoms with Gasteiger partial charge < -0.3 is 30.2 Å². The van der Waals surface area contributed by atoms with Gasteiger partial charge >= 0.3 is 6.09 Å². The smallest absolute Gasteiger partial charge is 0.410 e. The third-order valence-electron chi connectivity index (χ3n) is 8.30. The molecule has 0 spiro atoms. The van der Waals surface area contributed by atoms with Gasteiger partial charge in [-0.1, -0.05) is 35.3 Å². The Morgan fingerprint density at radius 1 is 0.980 bits per heavy atom. The minimum atomic E-state index is -0.511. The summed E-state index contributed by atoms with van der Waals surface area (Å²) >= 11 is 13.8. The molecule has 3 aromatic heterocycles. The van der Waals surface area contributed by atoms with E-state index in [1.54, 1.807) is 31.4 Å². The molecule has 1 fully saturated rings. The number of hydrogen-bond donors (Lipinski definition) is 2. The summed E-state index contributed by atoms with van der Waals surface area (Å²) in [7, 11) is 3.09. The Morgan fingerprint density at radius 2 is 1.67 bits per heavy atom. The molecule has 0 bridgehead atoms. The summed E-state index contributed by atoms with van der Waals surface area (Å²) in [6.45, 7) is 9.35. The molecule has 1 aliphatic rings. The summed E-state index contributed by atoms with van der Waals surface area (Å²) in [5.74, 6) is 1.23. The number of nitrogen functional groups attached to an aromatic ring is 1. The van der Waals surface area contributed by atoms with E-state index in [1.165, 1.54) is 0 Å². The molecule has 6 rings (SSSR count). The Bertz CT molecular complexity index is 1980. The van der Waals surface area contributed by atoms with Crippen molar-refractivity contribution in [3.8, 4) is 22.6 Å². The number of aryl methyl sites for hydroxylation is 1. The highest BCUT2D eigenvalue weighted by atomic mass is 35.5. The maximum atomic E-state index is 12.5. The van der Waals surface area contributed by atoms with Crippen LogP contribution < -0.4 is 20.5 Å². The van der Waals surface area contributed by atoms with Crippen molar-refractivity contribution in [2.24, 2.45) is 0 Å². The van der Waals surface area contributed by atoms with Gasteiger partial charge in [-0.15, -0.1) is 0 Å². The lowest BCUT2D eigenvalue weighted by Crippen LogP contribution is -2.50. The third kappa shape index (κ3) is 7.41. The average Bonchev–Trinajstić information content (AvgIpc) is 3.50. The van der Waals surface area contributed by atoms with E-state index in [0.29, 0.717) is 80.8 Å². The lowest BCUT2D eigenvalue weighted by molar-refractivity contribution is 0.0144. The van der Waals surface area contributed by atoms with Crippen LogP contribution in [0, 0.1) is 0 Å². The molecule has 5 aromatic rings. The number of hydrogen-bond acceptors (Lipinski definition) is 10. The molecule has 49 heavy (non-hydrogen) atoms. The van der Waals surface area contributed by atoms with Crippen molar-refractivity contribution in [2.45, 2.75) is 39.2 Å². The number of methoxy groups -OCH3 is 2. The van der Waals surface area contributed by atoms with Crippen molar-refractivity contribution in [3.05, 3.63) is 64.5 Å². The van der Waals surface area contributed by atoms with Gasteiger partial charge in [-0.2, -0.15) is 4.98 Å². The summed E-state index contributed by atoms with van der Waals surface area (Å²) in [6.07, 6.45) is 5.06. The quantitative estimate of drug-likeness (QED) is 0.153. The van der Waals surface area contributed by atoms with Crippen LogP contribution in [0.15, 0.2) is 48.8 Å². The molecule has 0 radical (unpaired) electrons. The number of carbonyl (C=O) groups excluding carboxylic acids is 1. The molecule has 3 N–H and O–H groups in total. The fourth-order valence-corrected chi connectivity index (χ4v) is 6.56. The van der Waals surface area contributed by atoms with E-state index in [4.69, 9.17) is 53.1 Å². The molecular formula is C35H40Cl2N8O4. The van der Waals surface area contributed by atoms with Crippen LogP contribution in [-0.2, 0) is 11.2 Å². The zero-order chi connectivity index (χ0) is 34.9. The van der Waals surface area contributed by atoms with Crippen molar-refractivity contribution in [2.75, 3.05) is 58.0 Å². The van der Waals surface area contributed by atoms with E-state index < -0.39 is 5.60 Å². The number of pyridine rings is 1. The molecule has 14 heteroatoms. The summed E-state index contributed by atoms with van der Waals surface area (Å²) in [5.41, 5.74) is 10.3. The minimum absolute atomic E-state index is 0.261. The number of nitrogens with zero attached hydrogens (tertiary/aromatic N) is 6. The molecular weight excluding hydrogens is 667 g/mol. The number of fused-ring (bicyclic) bond motifs is 3. The highest BCUT2D eigenvalue weighted by Crippen LogP contribution is 2.47. The Kier molecular flexibility index (Phi) is 9.91. The average molecular weight is 708 g/mol. The van der Waals surface area contributed by atoms with Gasteiger partial charge in [-0.3, -0.25) is 9.30 Å². The summed E-state index contributed by atoms with van der Waals surface area (Å²) in [5, 5.41) is 4.65. The Hall–Kier alpha value is -4.52. The van der Waals surface area contributed by atoms with Crippen molar-refractivity contribution >= 4 is 63.3 Å². The first-order valence-electron chi connectivity index (χ1n) is 16.1. The zero-order valence-electron chi connectivity index (χ0n) is 28.2. The van der Waals surface area contributed by atoms with E-state index in [0.717, 1.165) is 37.1 Å². The zero-order valence-corrected chi connectivity index (χ0v) is 29.7. The number of piperazine rings is 1. The highest BCUT2D eigenvalue weighted by Gasteiger charge is 2.26. The number of para-hydroxylation sites is 2. The number of benzene rings is 2. The van der Waals surface area contributed by atoms with E-state index in [-0.39, 0.29) is 6.09 Å². The van der Waals surface area contributed by atoms with Crippen molar-refractivity contribution in [3.63, 3.8) is 0 Å². The first kappa shape index (κ1) is 34.3. The van der Waals surface area contributed by atoms with Crippen molar-refractivity contribution in [1.29, 1.82) is 0 Å². The van der Waals surface area contributed by atoms with Gasteiger partial charge in [-0.05, 0) is 58.4 Å². The minimum Gasteiger partial charge on any atom is -0.495 e. The fraction of sp³-hybridized carbons (Fsp3) is 0.371. The van der Waals surface area contributed by atoms with Gasteiger partial charge in [0.25, 0.3) is 0 Å². The van der Waals surface area contributed by atoms with Gasteiger partial charge in [-0.25, -0.2) is 14.8 Å². The number of nitrogens with one attached hydrogen (secondary N) is 1. The van der Waals surface area contributed by atoms with E-state index in [2.05, 4.69) is 15.2 Å². The normalized spacial score (nSPS) is 14.0. The number of amides is 1. The maximum Gasteiger partial charge on any atom is 0.410 e. The number of carbonyl (C=O) groups is 1. The summed E-state index contributed by atoms with van der Waals surface area (Å²) in [4.78, 5) is 31.2. The van der Waals surface area contributed by atoms with Gasteiger partial charge in [0.2, 0.25) is 5.95 Å². The molecule has 0 unspecified atom stereocenters. The van der Waals surface area contributed by atoms with Gasteiger partial charge in [0.05, 0.1) is 41.3 Å². The van der Waals surface area contributed by atoms with Crippen LogP contribution in [0.3, 0.4) is 0 Å². The Morgan fingerprint density at radius 3 is 2.33 bits per heavy atom. The molecule has 1 aliphatic heterocycles. The number of aromatic nitrogens is 4. The van der Waals surface area contributed by atoms with Crippen molar-refractivity contribution in [1.82, 2.24) is 29.2 Å². The lowest BCUT2D eigenvalue weighted by Gasteiger charge is -2.35. The van der Waals surface area contributed by atoms with E-state index in [1.807, 2.05) is 61.7 Å². The predicted octanol–water partition coefficient (Wildman–Crippen LogP) is 7.08. The Balaban J connectivity index is 1.31. The summed E-state index contributed by atoms with van der Waals surface area (Å²) < 4.78 is 18.6. The van der Waals surface area contributed by atoms with Crippen LogP contribution >= 0.6 is 23.2 Å². The number of imidazole rings is 1. The van der Waals surface area contributed by atoms with Crippen LogP contribution in [0.4, 0.5) is 22.1 Å². The van der Waals surface area contributed by atoms with E-state index >= 15 is 0 Å². The molecule has 12 nitrogen and oxygen atoms in total. The molecule has 4 heterocycles. The van der Waals surface area contributed by atoms with Crippen LogP contribution in [0.25, 0.3) is 27.8 Å². The summed E-state index contributed by atoms with van der Waals surface area (Å²) in [6, 6.07) is 11.0. The second kappa shape index (κ2) is 14.1. The molecule has 0 aliphatic carbocycles. The fourth-order valence-electron chi connectivity index (χ4n) is 5.86. The second-order valence-electron chi connectivity index (χ2n) is 12.9. The molecule has 0 atom stereocenters. The van der Waals surface area contributed by atoms with Gasteiger partial charge in [0, 0.05) is 61.2 Å². The standard InChI is InChI=1S/C35H40Cl2N8O4/c1-35(2,3)49-34(46)44-15-13-43(14-16-44)12-8-9-22-20-45-31-21(19-39-33(42-31)41-25-11-7-6-10-24(25)38)17-23(32(45)40-22)28-29(36)26(47-4)18-27(48-5)30(28)37/h6-7,10-11,17-20H,8-9,12-16,38H2,1-5H3,(H,39,41,42). The number of ether oxygens (including phenoxy) is 3. The van der Waals surface area contributed by atoms with Crippen LogP contribution in [0.1, 0.15) is 32.9 Å². The SMILES string of the molecule is COc1cc(OC)c(Cl)c(-c2cc3cnc(Nc4ccccc4N)nc3n3cc(CCCN4CCN(C(=O)OC(C)(C)C)CC4)nc23)c1Cl. The molecule has 1 saturated heterocycles. The maximum absolute atomic E-state index is 12.5. The van der Waals surface area contributed by atoms with Crippen molar-refractivity contribution < 1.29 is 19.0 Å². The first-order chi connectivity index (χ1) is 23.5. The lowest BCUT2D eigenvalue weighted by atomic mass is 10.0. The molecule has 2 aromatic carbocycles. The number of anilines is 3. The highest BCUT2D eigenvalue weighted by molar-refractivity contribution is 6.41. The Labute approximate surface area is 295 Å². The first-order valence-corrected chi connectivity index (χ1v) is 16.8. The van der Waals surface area contributed by atoms with Crippen LogP contribution in [0.5, 0.6) is 11.5 Å². The van der Waals surface area contributed by atoms with Gasteiger partial charge in [0.15, 0.2) is 5.65 Å². The molecule has 0 saturated carbocycles. The number of halogens is 2. The second-order valence-corrected chi connectivity index (χ2v) is 13.6. The molecule has 258 valence electrons. The van der Waals surface area contributed by atoms with Crippen LogP contribution in [0.2, 0.25) is 10.0 Å². The monoisotopic (exact) mass is 706 g/mol.